The van der Waals surface area contributed by atoms with Crippen LogP contribution in [-0.4, -0.2) is 62.1 Å². The van der Waals surface area contributed by atoms with Crippen LogP contribution < -0.4 is 11.1 Å². The normalized spacial score (nSPS) is 21.5. The average molecular weight is 599 g/mol. The number of aryl methyl sites for hydroxylation is 2. The summed E-state index contributed by atoms with van der Waals surface area (Å²) in [6.07, 6.45) is -1.49. The number of halogens is 4. The molecule has 1 unspecified atom stereocenters. The van der Waals surface area contributed by atoms with Gasteiger partial charge in [-0.05, 0) is 65.6 Å². The average Bonchev–Trinajstić information content (AvgIpc) is 3.56. The van der Waals surface area contributed by atoms with Gasteiger partial charge >= 0.3 is 12.2 Å². The minimum Gasteiger partial charge on any atom is -0.368 e. The number of nitrogens with zero attached hydrogens (tertiary/aromatic N) is 4. The molecule has 1 aromatic heterocycles. The fourth-order valence-electron chi connectivity index (χ4n) is 6.29. The molecule has 2 atom stereocenters. The number of carbonyl (C=O) groups excluding carboxylic acids is 4. The number of alkyl halides is 3. The Morgan fingerprint density at radius 3 is 2.56 bits per heavy atom. The minimum absolute atomic E-state index is 0.0853. The van der Waals surface area contributed by atoms with E-state index in [-0.39, 0.29) is 19.4 Å². The fourth-order valence-corrected chi connectivity index (χ4v) is 6.29. The van der Waals surface area contributed by atoms with Crippen molar-refractivity contribution < 1.29 is 36.7 Å². The number of primary amides is 1. The summed E-state index contributed by atoms with van der Waals surface area (Å²) in [5.74, 6) is -2.89. The molecular weight excluding hydrogens is 572 g/mol. The van der Waals surface area contributed by atoms with E-state index in [1.807, 2.05) is 6.07 Å². The van der Waals surface area contributed by atoms with E-state index in [2.05, 4.69) is 10.4 Å². The van der Waals surface area contributed by atoms with Crippen LogP contribution in [0.4, 0.5) is 22.4 Å². The molecule has 2 aliphatic heterocycles. The number of nitrogens with two attached hydrogens (primary N) is 1. The van der Waals surface area contributed by atoms with Crippen LogP contribution in [0.1, 0.15) is 35.1 Å². The van der Waals surface area contributed by atoms with E-state index in [1.165, 1.54) is 10.7 Å². The number of aromatic nitrogens is 2. The van der Waals surface area contributed by atoms with Gasteiger partial charge in [0.15, 0.2) is 0 Å². The van der Waals surface area contributed by atoms with Crippen molar-refractivity contribution in [2.75, 3.05) is 6.54 Å². The summed E-state index contributed by atoms with van der Waals surface area (Å²) >= 11 is 0. The zero-order chi connectivity index (χ0) is 30.7. The van der Waals surface area contributed by atoms with E-state index in [9.17, 15) is 36.7 Å². The first-order valence-electron chi connectivity index (χ1n) is 13.6. The van der Waals surface area contributed by atoms with Crippen molar-refractivity contribution in [1.29, 1.82) is 0 Å². The number of hydrogen-bond acceptors (Lipinski definition) is 5. The fraction of sp³-hybridized carbons (Fsp3) is 0.345. The van der Waals surface area contributed by atoms with Crippen molar-refractivity contribution in [1.82, 2.24) is 24.9 Å². The molecule has 0 saturated carbocycles. The van der Waals surface area contributed by atoms with Gasteiger partial charge in [-0.25, -0.2) is 9.18 Å². The van der Waals surface area contributed by atoms with Crippen molar-refractivity contribution in [2.45, 2.75) is 56.5 Å². The molecular formula is C29H26F4N6O4. The molecule has 3 aromatic rings. The topological polar surface area (TPSA) is 131 Å². The molecule has 5 amide bonds. The summed E-state index contributed by atoms with van der Waals surface area (Å²) < 4.78 is 57.4. The lowest BCUT2D eigenvalue weighted by Gasteiger charge is -2.32. The Kier molecular flexibility index (Phi) is 6.74. The number of rotatable bonds is 5. The predicted octanol–water partition coefficient (Wildman–Crippen LogP) is 2.77. The molecule has 43 heavy (non-hydrogen) atoms. The molecule has 2 aromatic carbocycles. The molecule has 0 bridgehead atoms. The molecule has 1 aliphatic carbocycles. The number of amides is 5. The lowest BCUT2D eigenvalue weighted by molar-refractivity contribution is -0.192. The Balaban J connectivity index is 1.24. The summed E-state index contributed by atoms with van der Waals surface area (Å²) in [6, 6.07) is 5.86. The monoisotopic (exact) mass is 598 g/mol. The van der Waals surface area contributed by atoms with Crippen LogP contribution in [0.25, 0.3) is 11.1 Å². The first-order valence-corrected chi connectivity index (χ1v) is 13.6. The van der Waals surface area contributed by atoms with Crippen LogP contribution in [0.3, 0.4) is 0 Å². The predicted molar refractivity (Wildman–Crippen MR) is 142 cm³/mol. The van der Waals surface area contributed by atoms with E-state index in [4.69, 9.17) is 5.73 Å². The third kappa shape index (κ3) is 5.00. The van der Waals surface area contributed by atoms with Gasteiger partial charge in [0.05, 0.1) is 6.20 Å². The van der Waals surface area contributed by atoms with Gasteiger partial charge in [0.2, 0.25) is 11.8 Å². The van der Waals surface area contributed by atoms with Crippen molar-refractivity contribution >= 4 is 23.8 Å². The number of benzene rings is 2. The quantitative estimate of drug-likeness (QED) is 0.345. The van der Waals surface area contributed by atoms with E-state index in [1.54, 1.807) is 24.5 Å². The maximum atomic E-state index is 14.1. The third-order valence-electron chi connectivity index (χ3n) is 8.36. The largest absolute Gasteiger partial charge is 0.408 e. The van der Waals surface area contributed by atoms with Gasteiger partial charge in [-0.1, -0.05) is 24.3 Å². The van der Waals surface area contributed by atoms with E-state index < -0.39 is 66.8 Å². The first-order chi connectivity index (χ1) is 20.4. The zero-order valence-electron chi connectivity index (χ0n) is 22.7. The lowest BCUT2D eigenvalue weighted by atomic mass is 9.90. The van der Waals surface area contributed by atoms with Crippen LogP contribution in [0, 0.1) is 5.82 Å². The number of nitrogens with one attached hydrogen (secondary N) is 1. The van der Waals surface area contributed by atoms with Crippen LogP contribution in [0.5, 0.6) is 0 Å². The van der Waals surface area contributed by atoms with E-state index >= 15 is 0 Å². The Labute approximate surface area is 242 Å². The highest BCUT2D eigenvalue weighted by Gasteiger charge is 2.56. The summed E-state index contributed by atoms with van der Waals surface area (Å²) in [6.45, 7) is -1.40. The summed E-state index contributed by atoms with van der Waals surface area (Å²) in [5, 5.41) is 6.80. The Bertz CT molecular complexity index is 1670. The van der Waals surface area contributed by atoms with Gasteiger partial charge in [-0.15, -0.1) is 0 Å². The summed E-state index contributed by atoms with van der Waals surface area (Å²) in [7, 11) is 0. The lowest BCUT2D eigenvalue weighted by Crippen LogP contribution is -2.52. The molecule has 1 saturated heterocycles. The Morgan fingerprint density at radius 1 is 1.02 bits per heavy atom. The van der Waals surface area contributed by atoms with Gasteiger partial charge in [0.25, 0.3) is 5.91 Å². The highest BCUT2D eigenvalue weighted by Crippen LogP contribution is 2.43. The smallest absolute Gasteiger partial charge is 0.368 e. The SMILES string of the molecule is NC(=O)Cn1cc(-c2ccc3c(c2)CCC32NC(=O)N(CC(=O)N3Cc4ccc(F)cc4CC[C@H]3C(F)(F)F)C2=O)cn1. The highest BCUT2D eigenvalue weighted by atomic mass is 19.4. The number of fused-ring (bicyclic) bond motifs is 3. The molecule has 3 heterocycles. The van der Waals surface area contributed by atoms with Crippen molar-refractivity contribution in [2.24, 2.45) is 5.73 Å². The molecule has 1 spiro atoms. The third-order valence-corrected chi connectivity index (χ3v) is 8.36. The Hall–Kier alpha value is -4.75. The summed E-state index contributed by atoms with van der Waals surface area (Å²) in [5.41, 5.74) is 7.29. The zero-order valence-corrected chi connectivity index (χ0v) is 22.7. The number of carbonyl (C=O) groups is 4. The van der Waals surface area contributed by atoms with Crippen LogP contribution in [-0.2, 0) is 45.9 Å². The second-order valence-electron chi connectivity index (χ2n) is 11.0. The van der Waals surface area contributed by atoms with Crippen LogP contribution >= 0.6 is 0 Å². The maximum Gasteiger partial charge on any atom is 0.408 e. The van der Waals surface area contributed by atoms with Gasteiger partial charge in [0.1, 0.15) is 30.5 Å². The molecule has 14 heteroatoms. The highest BCUT2D eigenvalue weighted by molar-refractivity contribution is 6.10. The van der Waals surface area contributed by atoms with Gasteiger partial charge in [-0.2, -0.15) is 18.3 Å². The molecule has 224 valence electrons. The molecule has 10 nitrogen and oxygen atoms in total. The van der Waals surface area contributed by atoms with Gasteiger partial charge < -0.3 is 16.0 Å². The first kappa shape index (κ1) is 28.4. The van der Waals surface area contributed by atoms with Crippen LogP contribution in [0.2, 0.25) is 0 Å². The number of urea groups is 1. The van der Waals surface area contributed by atoms with Gasteiger partial charge in [0, 0.05) is 18.3 Å². The number of imide groups is 1. The van der Waals surface area contributed by atoms with Gasteiger partial charge in [-0.3, -0.25) is 24.0 Å². The molecule has 6 rings (SSSR count). The molecule has 1 fully saturated rings. The number of hydrogen-bond donors (Lipinski definition) is 2. The van der Waals surface area contributed by atoms with E-state index in [0.717, 1.165) is 23.3 Å². The second kappa shape index (κ2) is 10.2. The standard InChI is InChI=1S/C29H26F4N6O4/c30-21-4-1-19-13-38(23(29(31,32)33)6-3-17(19)10-21)25(41)15-39-26(42)28(36-27(39)43)8-7-18-9-16(2-5-22(18)28)20-11-35-37(12-20)14-24(34)40/h1-2,4-5,9-12,23H,3,6-8,13-15H2,(H2,34,40)(H,36,43)/t23-,28?/m0/s1. The summed E-state index contributed by atoms with van der Waals surface area (Å²) in [4.78, 5) is 52.6. The maximum absolute atomic E-state index is 14.1. The van der Waals surface area contributed by atoms with Crippen molar-refractivity contribution in [3.63, 3.8) is 0 Å². The van der Waals surface area contributed by atoms with Crippen molar-refractivity contribution in [3.05, 3.63) is 76.9 Å². The van der Waals surface area contributed by atoms with Crippen LogP contribution in [0.15, 0.2) is 48.8 Å². The van der Waals surface area contributed by atoms with Crippen molar-refractivity contribution in [3.8, 4) is 11.1 Å². The minimum atomic E-state index is -4.77. The molecule has 3 N–H and O–H groups in total. The Morgan fingerprint density at radius 2 is 1.81 bits per heavy atom. The second-order valence-corrected chi connectivity index (χ2v) is 11.0. The van der Waals surface area contributed by atoms with E-state index in [0.29, 0.717) is 38.5 Å². The molecule has 0 radical (unpaired) electrons. The molecule has 3 aliphatic rings.